The van der Waals surface area contributed by atoms with Crippen LogP contribution < -0.4 is 15.4 Å². The fourth-order valence-electron chi connectivity index (χ4n) is 1.68. The summed E-state index contributed by atoms with van der Waals surface area (Å²) in [4.78, 5) is 12.6. The molecule has 7 heteroatoms. The van der Waals surface area contributed by atoms with E-state index in [1.54, 1.807) is 7.05 Å². The number of hydrogen-bond donors (Lipinski definition) is 3. The number of aliphatic hydroxyl groups excluding tert-OH is 1. The molecule has 0 spiro atoms. The third-order valence-electron chi connectivity index (χ3n) is 2.84. The van der Waals surface area contributed by atoms with E-state index in [2.05, 4.69) is 32.5 Å². The smallest absolute Gasteiger partial charge is 0.323 e. The first-order valence-corrected chi connectivity index (χ1v) is 7.04. The molecule has 20 heavy (non-hydrogen) atoms. The van der Waals surface area contributed by atoms with E-state index in [0.29, 0.717) is 30.4 Å². The molecule has 1 atom stereocenters. The minimum absolute atomic E-state index is 0.00716. The van der Waals surface area contributed by atoms with Crippen molar-refractivity contribution in [2.45, 2.75) is 39.7 Å². The fraction of sp³-hybridized carbons (Fsp3) is 0.769. The molecular formula is C13H25N5O2. The zero-order valence-electron chi connectivity index (χ0n) is 12.7. The largest absolute Gasteiger partial charge is 0.461 e. The summed E-state index contributed by atoms with van der Waals surface area (Å²) in [6.45, 7) is 6.85. The van der Waals surface area contributed by atoms with Gasteiger partial charge in [-0.05, 0) is 26.2 Å². The Balaban J connectivity index is 2.72. The number of nitrogens with zero attached hydrogens (tertiary/aromatic N) is 3. The first kappa shape index (κ1) is 16.4. The second kappa shape index (κ2) is 8.52. The summed E-state index contributed by atoms with van der Waals surface area (Å²) in [7, 11) is 1.75. The van der Waals surface area contributed by atoms with Crippen LogP contribution in [0.15, 0.2) is 0 Å². The van der Waals surface area contributed by atoms with Crippen LogP contribution in [0.4, 0.5) is 11.9 Å². The van der Waals surface area contributed by atoms with Crippen LogP contribution in [-0.4, -0.2) is 46.4 Å². The average molecular weight is 283 g/mol. The van der Waals surface area contributed by atoms with Gasteiger partial charge in [0.15, 0.2) is 0 Å². The standard InChI is InChI=1S/C13H25N5O2/c1-5-10(6-7-19)8-15-12-16-11(14-4)17-13(18-12)20-9(2)3/h9-10,19H,5-8H2,1-4H3,(H2,14,15,16,17,18). The highest BCUT2D eigenvalue weighted by atomic mass is 16.5. The highest BCUT2D eigenvalue weighted by Gasteiger charge is 2.10. The molecule has 0 aliphatic rings. The Bertz CT molecular complexity index is 400. The molecule has 0 saturated carbocycles. The van der Waals surface area contributed by atoms with Crippen molar-refractivity contribution >= 4 is 11.9 Å². The summed E-state index contributed by atoms with van der Waals surface area (Å²) in [5, 5.41) is 15.1. The van der Waals surface area contributed by atoms with Gasteiger partial charge in [0.2, 0.25) is 11.9 Å². The molecule has 1 heterocycles. The van der Waals surface area contributed by atoms with Crippen molar-refractivity contribution in [1.82, 2.24) is 15.0 Å². The zero-order chi connectivity index (χ0) is 15.0. The predicted octanol–water partition coefficient (Wildman–Crippen LogP) is 1.52. The van der Waals surface area contributed by atoms with Gasteiger partial charge >= 0.3 is 6.01 Å². The van der Waals surface area contributed by atoms with Crippen LogP contribution >= 0.6 is 0 Å². The molecule has 0 aliphatic carbocycles. The van der Waals surface area contributed by atoms with E-state index in [0.717, 1.165) is 12.8 Å². The van der Waals surface area contributed by atoms with Crippen LogP contribution in [-0.2, 0) is 0 Å². The Morgan fingerprint density at radius 3 is 2.45 bits per heavy atom. The molecule has 0 aromatic carbocycles. The molecule has 0 fully saturated rings. The van der Waals surface area contributed by atoms with E-state index in [4.69, 9.17) is 9.84 Å². The minimum Gasteiger partial charge on any atom is -0.461 e. The Labute approximate surface area is 120 Å². The Kier molecular flexibility index (Phi) is 7.00. The number of anilines is 2. The highest BCUT2D eigenvalue weighted by molar-refractivity contribution is 5.35. The van der Waals surface area contributed by atoms with Gasteiger partial charge in [0, 0.05) is 20.2 Å². The van der Waals surface area contributed by atoms with Gasteiger partial charge in [0.05, 0.1) is 6.10 Å². The third-order valence-corrected chi connectivity index (χ3v) is 2.84. The van der Waals surface area contributed by atoms with Crippen LogP contribution in [0.1, 0.15) is 33.6 Å². The predicted molar refractivity (Wildman–Crippen MR) is 79.1 cm³/mol. The van der Waals surface area contributed by atoms with Gasteiger partial charge < -0.3 is 20.5 Å². The molecule has 0 amide bonds. The lowest BCUT2D eigenvalue weighted by atomic mass is 10.0. The van der Waals surface area contributed by atoms with Crippen LogP contribution in [0, 0.1) is 5.92 Å². The molecule has 3 N–H and O–H groups in total. The van der Waals surface area contributed by atoms with Gasteiger partial charge in [0.25, 0.3) is 0 Å². The van der Waals surface area contributed by atoms with Gasteiger partial charge in [-0.3, -0.25) is 0 Å². The number of nitrogens with one attached hydrogen (secondary N) is 2. The van der Waals surface area contributed by atoms with Crippen LogP contribution in [0.2, 0.25) is 0 Å². The van der Waals surface area contributed by atoms with Crippen molar-refractivity contribution in [2.75, 3.05) is 30.8 Å². The molecule has 1 unspecified atom stereocenters. The van der Waals surface area contributed by atoms with Gasteiger partial charge in [0.1, 0.15) is 0 Å². The Morgan fingerprint density at radius 1 is 1.20 bits per heavy atom. The average Bonchev–Trinajstić information content (AvgIpc) is 2.42. The molecule has 1 aromatic heterocycles. The first-order chi connectivity index (χ1) is 9.58. The molecule has 0 bridgehead atoms. The lowest BCUT2D eigenvalue weighted by Crippen LogP contribution is -2.18. The third kappa shape index (κ3) is 5.56. The van der Waals surface area contributed by atoms with Gasteiger partial charge in [-0.1, -0.05) is 13.3 Å². The second-order valence-corrected chi connectivity index (χ2v) is 4.85. The zero-order valence-corrected chi connectivity index (χ0v) is 12.7. The molecular weight excluding hydrogens is 258 g/mol. The lowest BCUT2D eigenvalue weighted by molar-refractivity contribution is 0.222. The van der Waals surface area contributed by atoms with Crippen molar-refractivity contribution in [3.8, 4) is 6.01 Å². The van der Waals surface area contributed by atoms with Crippen molar-refractivity contribution in [1.29, 1.82) is 0 Å². The van der Waals surface area contributed by atoms with Gasteiger partial charge in [-0.25, -0.2) is 0 Å². The summed E-state index contributed by atoms with van der Waals surface area (Å²) < 4.78 is 5.50. The molecule has 114 valence electrons. The number of aliphatic hydroxyl groups is 1. The number of ether oxygens (including phenoxy) is 1. The summed E-state index contributed by atoms with van der Waals surface area (Å²) in [5.41, 5.74) is 0. The molecule has 0 aliphatic heterocycles. The van der Waals surface area contributed by atoms with E-state index in [9.17, 15) is 0 Å². The number of aromatic nitrogens is 3. The SMILES string of the molecule is CCC(CCO)CNc1nc(NC)nc(OC(C)C)n1. The quantitative estimate of drug-likeness (QED) is 0.632. The molecule has 0 radical (unpaired) electrons. The highest BCUT2D eigenvalue weighted by Crippen LogP contribution is 2.14. The topological polar surface area (TPSA) is 92.2 Å². The first-order valence-electron chi connectivity index (χ1n) is 7.04. The minimum atomic E-state index is 0.00716. The van der Waals surface area contributed by atoms with E-state index >= 15 is 0 Å². The van der Waals surface area contributed by atoms with Gasteiger partial charge in [-0.15, -0.1) is 0 Å². The van der Waals surface area contributed by atoms with Crippen LogP contribution in [0.3, 0.4) is 0 Å². The van der Waals surface area contributed by atoms with Crippen molar-refractivity contribution in [2.24, 2.45) is 5.92 Å². The van der Waals surface area contributed by atoms with Crippen molar-refractivity contribution in [3.63, 3.8) is 0 Å². The van der Waals surface area contributed by atoms with E-state index in [1.807, 2.05) is 13.8 Å². The Morgan fingerprint density at radius 2 is 1.90 bits per heavy atom. The number of hydrogen-bond acceptors (Lipinski definition) is 7. The van der Waals surface area contributed by atoms with Crippen molar-refractivity contribution in [3.05, 3.63) is 0 Å². The lowest BCUT2D eigenvalue weighted by Gasteiger charge is -2.15. The molecule has 7 nitrogen and oxygen atoms in total. The Hall–Kier alpha value is -1.63. The van der Waals surface area contributed by atoms with Gasteiger partial charge in [-0.2, -0.15) is 15.0 Å². The fourth-order valence-corrected chi connectivity index (χ4v) is 1.68. The normalized spacial score (nSPS) is 12.3. The van der Waals surface area contributed by atoms with E-state index in [1.165, 1.54) is 0 Å². The maximum atomic E-state index is 8.99. The summed E-state index contributed by atoms with van der Waals surface area (Å²) >= 11 is 0. The monoisotopic (exact) mass is 283 g/mol. The van der Waals surface area contributed by atoms with Crippen molar-refractivity contribution < 1.29 is 9.84 Å². The maximum absolute atomic E-state index is 8.99. The van der Waals surface area contributed by atoms with Crippen LogP contribution in [0.25, 0.3) is 0 Å². The van der Waals surface area contributed by atoms with Crippen LogP contribution in [0.5, 0.6) is 6.01 Å². The number of rotatable bonds is 9. The molecule has 1 rings (SSSR count). The molecule has 1 aromatic rings. The summed E-state index contributed by atoms with van der Waals surface area (Å²) in [6.07, 6.45) is 1.77. The maximum Gasteiger partial charge on any atom is 0.323 e. The van der Waals surface area contributed by atoms with E-state index < -0.39 is 0 Å². The second-order valence-electron chi connectivity index (χ2n) is 4.85. The summed E-state index contributed by atoms with van der Waals surface area (Å²) in [5.74, 6) is 1.34. The van der Waals surface area contributed by atoms with E-state index in [-0.39, 0.29) is 12.7 Å². The summed E-state index contributed by atoms with van der Waals surface area (Å²) in [6, 6.07) is 0.303. The molecule has 0 saturated heterocycles.